The third-order valence-corrected chi connectivity index (χ3v) is 3.00. The molecule has 0 unspecified atom stereocenters. The highest BCUT2D eigenvalue weighted by Gasteiger charge is 2.20. The first-order chi connectivity index (χ1) is 8.08. The summed E-state index contributed by atoms with van der Waals surface area (Å²) in [6, 6.07) is 5.54. The predicted molar refractivity (Wildman–Crippen MR) is 64.1 cm³/mol. The SMILES string of the molecule is CC(=O)N1CCCc2cc(CC(=O)O)ccc21. The number of carbonyl (C=O) groups excluding carboxylic acids is 1. The number of anilines is 1. The number of fused-ring (bicyclic) bond motifs is 1. The number of benzene rings is 1. The molecule has 0 fully saturated rings. The molecule has 1 aliphatic heterocycles. The Hall–Kier alpha value is -1.84. The van der Waals surface area contributed by atoms with Crippen LogP contribution in [0, 0.1) is 0 Å². The molecule has 0 saturated heterocycles. The quantitative estimate of drug-likeness (QED) is 0.844. The monoisotopic (exact) mass is 233 g/mol. The molecule has 4 nitrogen and oxygen atoms in total. The second-order valence-corrected chi connectivity index (χ2v) is 4.31. The first-order valence-electron chi connectivity index (χ1n) is 5.69. The van der Waals surface area contributed by atoms with Crippen LogP contribution in [0.4, 0.5) is 5.69 Å². The van der Waals surface area contributed by atoms with Crippen molar-refractivity contribution in [3.05, 3.63) is 29.3 Å². The summed E-state index contributed by atoms with van der Waals surface area (Å²) in [6.45, 7) is 2.31. The van der Waals surface area contributed by atoms with Crippen molar-refractivity contribution in [1.29, 1.82) is 0 Å². The molecule has 1 aromatic rings. The predicted octanol–water partition coefficient (Wildman–Crippen LogP) is 1.61. The molecule has 90 valence electrons. The smallest absolute Gasteiger partial charge is 0.307 e. The minimum atomic E-state index is -0.829. The summed E-state index contributed by atoms with van der Waals surface area (Å²) in [5.74, 6) is -0.791. The Balaban J connectivity index is 2.32. The number of carbonyl (C=O) groups is 2. The molecule has 1 N–H and O–H groups in total. The van der Waals surface area contributed by atoms with Gasteiger partial charge in [-0.25, -0.2) is 0 Å². The Kier molecular flexibility index (Phi) is 3.13. The van der Waals surface area contributed by atoms with Crippen LogP contribution in [0.1, 0.15) is 24.5 Å². The highest BCUT2D eigenvalue weighted by atomic mass is 16.4. The largest absolute Gasteiger partial charge is 0.481 e. The van der Waals surface area contributed by atoms with E-state index in [0.717, 1.165) is 36.2 Å². The van der Waals surface area contributed by atoms with Crippen LogP contribution in [-0.2, 0) is 22.4 Å². The normalized spacial score (nSPS) is 14.3. The molecule has 2 rings (SSSR count). The lowest BCUT2D eigenvalue weighted by molar-refractivity contribution is -0.136. The maximum atomic E-state index is 11.5. The molecule has 0 aromatic heterocycles. The Morgan fingerprint density at radius 1 is 1.41 bits per heavy atom. The highest BCUT2D eigenvalue weighted by molar-refractivity contribution is 5.92. The Morgan fingerprint density at radius 3 is 2.82 bits per heavy atom. The fraction of sp³-hybridized carbons (Fsp3) is 0.385. The Bertz CT molecular complexity index is 468. The lowest BCUT2D eigenvalue weighted by Crippen LogP contribution is -2.33. The molecule has 17 heavy (non-hydrogen) atoms. The molecular formula is C13H15NO3. The standard InChI is InChI=1S/C13H15NO3/c1-9(15)14-6-2-3-11-7-10(8-13(16)17)4-5-12(11)14/h4-5,7H,2-3,6,8H2,1H3,(H,16,17). The summed E-state index contributed by atoms with van der Waals surface area (Å²) in [5.41, 5.74) is 2.80. The van der Waals surface area contributed by atoms with Crippen LogP contribution in [0.3, 0.4) is 0 Å². The molecule has 0 bridgehead atoms. The maximum absolute atomic E-state index is 11.5. The number of aryl methyl sites for hydroxylation is 1. The van der Waals surface area contributed by atoms with Crippen LogP contribution in [0.25, 0.3) is 0 Å². The molecule has 0 radical (unpaired) electrons. The molecule has 0 spiro atoms. The molecule has 0 atom stereocenters. The number of rotatable bonds is 2. The van der Waals surface area contributed by atoms with E-state index in [9.17, 15) is 9.59 Å². The van der Waals surface area contributed by atoms with Gasteiger partial charge in [-0.05, 0) is 30.0 Å². The lowest BCUT2D eigenvalue weighted by Gasteiger charge is -2.28. The van der Waals surface area contributed by atoms with Crippen molar-refractivity contribution in [3.63, 3.8) is 0 Å². The van der Waals surface area contributed by atoms with E-state index in [-0.39, 0.29) is 12.3 Å². The summed E-state index contributed by atoms with van der Waals surface area (Å²) < 4.78 is 0. The second-order valence-electron chi connectivity index (χ2n) is 4.31. The zero-order valence-electron chi connectivity index (χ0n) is 9.77. The molecular weight excluding hydrogens is 218 g/mol. The summed E-state index contributed by atoms with van der Waals surface area (Å²) in [6.07, 6.45) is 1.88. The zero-order valence-corrected chi connectivity index (χ0v) is 9.77. The third kappa shape index (κ3) is 2.46. The average molecular weight is 233 g/mol. The lowest BCUT2D eigenvalue weighted by atomic mass is 9.98. The maximum Gasteiger partial charge on any atom is 0.307 e. The van der Waals surface area contributed by atoms with Gasteiger partial charge in [-0.2, -0.15) is 0 Å². The fourth-order valence-electron chi connectivity index (χ4n) is 2.26. The van der Waals surface area contributed by atoms with Crippen molar-refractivity contribution in [2.75, 3.05) is 11.4 Å². The summed E-state index contributed by atoms with van der Waals surface area (Å²) in [4.78, 5) is 23.9. The number of nitrogens with zero attached hydrogens (tertiary/aromatic N) is 1. The molecule has 0 saturated carbocycles. The summed E-state index contributed by atoms with van der Waals surface area (Å²) in [5, 5.41) is 8.75. The summed E-state index contributed by atoms with van der Waals surface area (Å²) >= 11 is 0. The van der Waals surface area contributed by atoms with Crippen LogP contribution in [-0.4, -0.2) is 23.5 Å². The molecule has 1 aliphatic rings. The van der Waals surface area contributed by atoms with Crippen LogP contribution in [0.15, 0.2) is 18.2 Å². The van der Waals surface area contributed by atoms with Crippen molar-refractivity contribution < 1.29 is 14.7 Å². The molecule has 4 heteroatoms. The Morgan fingerprint density at radius 2 is 2.18 bits per heavy atom. The molecule has 1 aromatic carbocycles. The van der Waals surface area contributed by atoms with E-state index in [4.69, 9.17) is 5.11 Å². The van der Waals surface area contributed by atoms with Crippen LogP contribution < -0.4 is 4.90 Å². The van der Waals surface area contributed by atoms with Crippen molar-refractivity contribution in [2.24, 2.45) is 0 Å². The van der Waals surface area contributed by atoms with E-state index in [1.54, 1.807) is 17.9 Å². The number of hydrogen-bond donors (Lipinski definition) is 1. The van der Waals surface area contributed by atoms with Crippen molar-refractivity contribution in [3.8, 4) is 0 Å². The topological polar surface area (TPSA) is 57.6 Å². The molecule has 1 heterocycles. The van der Waals surface area contributed by atoms with Gasteiger partial charge in [0.15, 0.2) is 0 Å². The Labute approximate surface area is 99.9 Å². The zero-order chi connectivity index (χ0) is 12.4. The van der Waals surface area contributed by atoms with E-state index >= 15 is 0 Å². The van der Waals surface area contributed by atoms with Gasteiger partial charge in [0.25, 0.3) is 0 Å². The van der Waals surface area contributed by atoms with Crippen LogP contribution in [0.5, 0.6) is 0 Å². The minimum Gasteiger partial charge on any atom is -0.481 e. The molecule has 0 aliphatic carbocycles. The van der Waals surface area contributed by atoms with Gasteiger partial charge in [0.05, 0.1) is 6.42 Å². The number of carboxylic acids is 1. The fourth-order valence-corrected chi connectivity index (χ4v) is 2.26. The summed E-state index contributed by atoms with van der Waals surface area (Å²) in [7, 11) is 0. The van der Waals surface area contributed by atoms with Gasteiger partial charge in [-0.3, -0.25) is 9.59 Å². The average Bonchev–Trinajstić information content (AvgIpc) is 2.26. The van der Waals surface area contributed by atoms with Crippen LogP contribution in [0.2, 0.25) is 0 Å². The van der Waals surface area contributed by atoms with Gasteiger partial charge >= 0.3 is 5.97 Å². The van der Waals surface area contributed by atoms with E-state index in [2.05, 4.69) is 0 Å². The van der Waals surface area contributed by atoms with Gasteiger partial charge in [-0.15, -0.1) is 0 Å². The van der Waals surface area contributed by atoms with Gasteiger partial charge in [0, 0.05) is 19.2 Å². The van der Waals surface area contributed by atoms with Gasteiger partial charge in [0.1, 0.15) is 0 Å². The molecule has 1 amide bonds. The van der Waals surface area contributed by atoms with Gasteiger partial charge in [0.2, 0.25) is 5.91 Å². The van der Waals surface area contributed by atoms with Crippen LogP contribution >= 0.6 is 0 Å². The van der Waals surface area contributed by atoms with E-state index in [0.29, 0.717) is 0 Å². The van der Waals surface area contributed by atoms with Gasteiger partial charge in [-0.1, -0.05) is 12.1 Å². The first kappa shape index (κ1) is 11.6. The highest BCUT2D eigenvalue weighted by Crippen LogP contribution is 2.28. The van der Waals surface area contributed by atoms with E-state index in [1.807, 2.05) is 12.1 Å². The number of amides is 1. The minimum absolute atomic E-state index is 0.0351. The second kappa shape index (κ2) is 4.57. The third-order valence-electron chi connectivity index (χ3n) is 3.00. The first-order valence-corrected chi connectivity index (χ1v) is 5.69. The van der Waals surface area contributed by atoms with E-state index < -0.39 is 5.97 Å². The van der Waals surface area contributed by atoms with Crippen molar-refractivity contribution in [2.45, 2.75) is 26.2 Å². The van der Waals surface area contributed by atoms with Crippen molar-refractivity contribution >= 4 is 17.6 Å². The number of hydrogen-bond acceptors (Lipinski definition) is 2. The van der Waals surface area contributed by atoms with E-state index in [1.165, 1.54) is 0 Å². The number of carboxylic acid groups (broad SMARTS) is 1. The van der Waals surface area contributed by atoms with Crippen molar-refractivity contribution in [1.82, 2.24) is 0 Å². The van der Waals surface area contributed by atoms with Gasteiger partial charge < -0.3 is 10.0 Å². The number of aliphatic carboxylic acids is 1.